The van der Waals surface area contributed by atoms with Crippen molar-refractivity contribution in [1.82, 2.24) is 25.1 Å². The Hall–Kier alpha value is -6.62. The van der Waals surface area contributed by atoms with Gasteiger partial charge in [-0.2, -0.15) is 0 Å². The third-order valence-corrected chi connectivity index (χ3v) is 10.1. The number of aromatic nitrogens is 4. The van der Waals surface area contributed by atoms with Gasteiger partial charge in [0.25, 0.3) is 0 Å². The van der Waals surface area contributed by atoms with Crippen LogP contribution in [0.1, 0.15) is 76.1 Å². The normalized spacial score (nSPS) is 11.9. The van der Waals surface area contributed by atoms with Crippen LogP contribution in [0.15, 0.2) is 140 Å². The highest BCUT2D eigenvalue weighted by Crippen LogP contribution is 2.40. The molecular weight excluding hydrogens is 743 g/mol. The maximum atomic E-state index is 13.7. The summed E-state index contributed by atoms with van der Waals surface area (Å²) < 4.78 is 15.2. The fourth-order valence-electron chi connectivity index (χ4n) is 7.29. The zero-order chi connectivity index (χ0) is 41.8. The van der Waals surface area contributed by atoms with E-state index in [1.54, 1.807) is 23.5 Å². The molecule has 1 heterocycles. The van der Waals surface area contributed by atoms with Crippen LogP contribution in [0, 0.1) is 5.92 Å². The van der Waals surface area contributed by atoms with Gasteiger partial charge in [0.2, 0.25) is 18.5 Å². The predicted octanol–water partition coefficient (Wildman–Crippen LogP) is 9.45. The molecule has 6 aromatic rings. The smallest absolute Gasteiger partial charge is 0.431 e. The summed E-state index contributed by atoms with van der Waals surface area (Å²) in [6, 6.07) is 45.5. The number of hydrogen-bond donors (Lipinski definition) is 0. The van der Waals surface area contributed by atoms with Crippen molar-refractivity contribution < 1.29 is 28.6 Å². The van der Waals surface area contributed by atoms with Gasteiger partial charge in [-0.25, -0.2) is 9.59 Å². The number of carbonyl (C=O) groups excluding carboxylic acids is 3. The second-order valence-electron chi connectivity index (χ2n) is 14.9. The first kappa shape index (κ1) is 42.0. The molecule has 1 atom stereocenters. The van der Waals surface area contributed by atoms with Crippen LogP contribution < -0.4 is 0 Å². The van der Waals surface area contributed by atoms with Gasteiger partial charge in [0.1, 0.15) is 6.04 Å². The van der Waals surface area contributed by atoms with Crippen molar-refractivity contribution in [1.29, 1.82) is 0 Å². The fraction of sp³-hybridized carbons (Fsp3) is 0.292. The Morgan fingerprint density at radius 1 is 0.695 bits per heavy atom. The lowest BCUT2D eigenvalue weighted by Crippen LogP contribution is -2.48. The van der Waals surface area contributed by atoms with Gasteiger partial charge in [0.05, 0.1) is 6.10 Å². The van der Waals surface area contributed by atoms with E-state index in [1.807, 2.05) is 124 Å². The molecular formula is C48H51N5O6. The molecule has 0 bridgehead atoms. The lowest BCUT2D eigenvalue weighted by atomic mass is 9.77. The van der Waals surface area contributed by atoms with Crippen LogP contribution in [0.2, 0.25) is 0 Å². The summed E-state index contributed by atoms with van der Waals surface area (Å²) in [5.41, 5.74) is 5.48. The molecule has 0 N–H and O–H groups in total. The summed E-state index contributed by atoms with van der Waals surface area (Å²) >= 11 is 0. The SMILES string of the molecule is CCCCC(=O)N(Cc1ccc(-c2ccccc2-c2nnn(C(c3ccccc3)(c3ccccc3)c3ccccc3)n2)cc1)[C@H](C(=O)OCOC(=O)OC(C)C)C(C)C. The largest absolute Gasteiger partial charge is 0.511 e. The van der Waals surface area contributed by atoms with Crippen molar-refractivity contribution in [3.05, 3.63) is 162 Å². The number of esters is 1. The van der Waals surface area contributed by atoms with E-state index in [0.29, 0.717) is 12.2 Å². The minimum Gasteiger partial charge on any atom is -0.431 e. The Bertz CT molecular complexity index is 2180. The summed E-state index contributed by atoms with van der Waals surface area (Å²) in [7, 11) is 0. The van der Waals surface area contributed by atoms with E-state index in [4.69, 9.17) is 29.6 Å². The maximum Gasteiger partial charge on any atom is 0.511 e. The van der Waals surface area contributed by atoms with E-state index >= 15 is 0 Å². The predicted molar refractivity (Wildman–Crippen MR) is 226 cm³/mol. The Balaban J connectivity index is 1.31. The summed E-state index contributed by atoms with van der Waals surface area (Å²) in [5.74, 6) is -0.649. The van der Waals surface area contributed by atoms with E-state index in [-0.39, 0.29) is 30.9 Å². The molecule has 59 heavy (non-hydrogen) atoms. The molecule has 0 spiro atoms. The quantitative estimate of drug-likeness (QED) is 0.0504. The Morgan fingerprint density at radius 3 is 1.76 bits per heavy atom. The standard InChI is InChI=1S/C48H51N5O6/c1-6-7-27-43(54)52(44(34(2)3)46(55)57-33-58-47(56)59-35(4)5)32-36-28-30-37(31-29-36)41-25-17-18-26-42(41)45-49-51-53(50-45)48(38-19-11-8-12-20-38,39-21-13-9-14-22-39)40-23-15-10-16-24-40/h8-26,28-31,34-35,44H,6-7,27,32-33H2,1-5H3/t44-/m0/s1. The summed E-state index contributed by atoms with van der Waals surface area (Å²) in [6.45, 7) is 8.65. The van der Waals surface area contributed by atoms with E-state index < -0.39 is 30.5 Å². The van der Waals surface area contributed by atoms with E-state index in [9.17, 15) is 14.4 Å². The van der Waals surface area contributed by atoms with Gasteiger partial charge < -0.3 is 19.1 Å². The molecule has 1 amide bonds. The van der Waals surface area contributed by atoms with E-state index in [2.05, 4.69) is 36.4 Å². The molecule has 0 unspecified atom stereocenters. The Kier molecular flexibility index (Phi) is 14.0. The number of ether oxygens (including phenoxy) is 3. The minimum atomic E-state index is -0.938. The molecule has 304 valence electrons. The van der Waals surface area contributed by atoms with Gasteiger partial charge in [-0.1, -0.05) is 167 Å². The van der Waals surface area contributed by atoms with Crippen molar-refractivity contribution in [2.45, 2.75) is 78.1 Å². The average Bonchev–Trinajstić information content (AvgIpc) is 3.74. The lowest BCUT2D eigenvalue weighted by Gasteiger charge is -2.34. The van der Waals surface area contributed by atoms with E-state index in [1.165, 1.54) is 0 Å². The average molecular weight is 794 g/mol. The first-order chi connectivity index (χ1) is 28.6. The number of hydrogen-bond acceptors (Lipinski definition) is 9. The molecule has 1 aromatic heterocycles. The number of carbonyl (C=O) groups is 3. The van der Waals surface area contributed by atoms with E-state index in [0.717, 1.165) is 45.4 Å². The van der Waals surface area contributed by atoms with Gasteiger partial charge in [-0.05, 0) is 64.8 Å². The highest BCUT2D eigenvalue weighted by molar-refractivity contribution is 5.85. The van der Waals surface area contributed by atoms with Crippen LogP contribution in [-0.4, -0.2) is 62.1 Å². The highest BCUT2D eigenvalue weighted by atomic mass is 16.8. The molecule has 0 aliphatic carbocycles. The van der Waals surface area contributed by atoms with Crippen molar-refractivity contribution in [3.63, 3.8) is 0 Å². The highest BCUT2D eigenvalue weighted by Gasteiger charge is 2.41. The monoisotopic (exact) mass is 793 g/mol. The fourth-order valence-corrected chi connectivity index (χ4v) is 7.29. The van der Waals surface area contributed by atoms with Crippen LogP contribution in [0.5, 0.6) is 0 Å². The number of nitrogens with zero attached hydrogens (tertiary/aromatic N) is 5. The van der Waals surface area contributed by atoms with Crippen LogP contribution in [0.25, 0.3) is 22.5 Å². The van der Waals surface area contributed by atoms with Crippen LogP contribution in [0.3, 0.4) is 0 Å². The molecule has 11 nitrogen and oxygen atoms in total. The zero-order valence-corrected chi connectivity index (χ0v) is 34.2. The molecule has 0 aliphatic rings. The third-order valence-electron chi connectivity index (χ3n) is 10.1. The van der Waals surface area contributed by atoms with Crippen LogP contribution >= 0.6 is 0 Å². The van der Waals surface area contributed by atoms with Crippen molar-refractivity contribution >= 4 is 18.0 Å². The number of tetrazole rings is 1. The zero-order valence-electron chi connectivity index (χ0n) is 34.2. The second kappa shape index (κ2) is 19.7. The number of rotatable bonds is 17. The molecule has 11 heteroatoms. The lowest BCUT2D eigenvalue weighted by molar-refractivity contribution is -0.166. The Labute approximate surface area is 345 Å². The summed E-state index contributed by atoms with van der Waals surface area (Å²) in [4.78, 5) is 42.3. The molecule has 6 rings (SSSR count). The molecule has 0 radical (unpaired) electrons. The maximum absolute atomic E-state index is 13.7. The first-order valence-corrected chi connectivity index (χ1v) is 20.1. The number of unbranched alkanes of at least 4 members (excludes halogenated alkanes) is 1. The minimum absolute atomic E-state index is 0.163. The van der Waals surface area contributed by atoms with Gasteiger partial charge in [0, 0.05) is 18.5 Å². The number of amides is 1. The van der Waals surface area contributed by atoms with Gasteiger partial charge in [-0.15, -0.1) is 15.0 Å². The summed E-state index contributed by atoms with van der Waals surface area (Å²) in [5, 5.41) is 14.6. The topological polar surface area (TPSA) is 126 Å². The van der Waals surface area contributed by atoms with Gasteiger partial charge in [0.15, 0.2) is 5.54 Å². The van der Waals surface area contributed by atoms with Gasteiger partial charge in [-0.3, -0.25) is 4.79 Å². The van der Waals surface area contributed by atoms with Crippen LogP contribution in [-0.2, 0) is 35.9 Å². The molecule has 0 aliphatic heterocycles. The molecule has 0 saturated carbocycles. The van der Waals surface area contributed by atoms with Crippen molar-refractivity contribution in [2.75, 3.05) is 6.79 Å². The molecule has 0 fully saturated rings. The second-order valence-corrected chi connectivity index (χ2v) is 14.9. The van der Waals surface area contributed by atoms with Gasteiger partial charge >= 0.3 is 12.1 Å². The molecule has 0 saturated heterocycles. The molecule has 5 aromatic carbocycles. The summed E-state index contributed by atoms with van der Waals surface area (Å²) in [6.07, 6.45) is 0.461. The first-order valence-electron chi connectivity index (χ1n) is 20.1. The Morgan fingerprint density at radius 2 is 1.24 bits per heavy atom. The number of benzene rings is 5. The van der Waals surface area contributed by atoms with Crippen molar-refractivity contribution in [2.24, 2.45) is 5.92 Å². The van der Waals surface area contributed by atoms with Crippen LogP contribution in [0.4, 0.5) is 4.79 Å². The van der Waals surface area contributed by atoms with Crippen molar-refractivity contribution in [3.8, 4) is 22.5 Å². The third kappa shape index (κ3) is 9.75.